The number of para-hydroxylation sites is 1. The molecule has 1 saturated carbocycles. The first-order valence-corrected chi connectivity index (χ1v) is 12.2. The molecule has 0 amide bonds. The molecule has 1 aliphatic rings. The normalized spacial score (nSPS) is 20.1. The van der Waals surface area contributed by atoms with Gasteiger partial charge >= 0.3 is 0 Å². The fourth-order valence-electron chi connectivity index (χ4n) is 4.19. The molecule has 0 spiro atoms. The molecule has 1 fully saturated rings. The number of phenolic OH excluding ortho intramolecular Hbond substituents is 2. The van der Waals surface area contributed by atoms with E-state index < -0.39 is 0 Å². The first-order chi connectivity index (χ1) is 15.4. The lowest BCUT2D eigenvalue weighted by Gasteiger charge is -2.27. The Kier molecular flexibility index (Phi) is 7.58. The Balaban J connectivity index is 1.92. The zero-order chi connectivity index (χ0) is 24.4. The van der Waals surface area contributed by atoms with E-state index in [1.807, 2.05) is 6.21 Å². The quantitative estimate of drug-likeness (QED) is 0.466. The maximum Gasteiger partial charge on any atom is 0.142 e. The third-order valence-corrected chi connectivity index (χ3v) is 6.64. The largest absolute Gasteiger partial charge is 0.507 e. The second-order valence-electron chi connectivity index (χ2n) is 11.1. The highest BCUT2D eigenvalue weighted by atomic mass is 35.5. The molecular formula is C28H37ClN2O2. The number of halogens is 1. The Labute approximate surface area is 203 Å². The molecule has 0 radical (unpaired) electrons. The lowest BCUT2D eigenvalue weighted by Crippen LogP contribution is -2.27. The van der Waals surface area contributed by atoms with E-state index >= 15 is 0 Å². The van der Waals surface area contributed by atoms with Gasteiger partial charge in [-0.15, -0.1) is 0 Å². The maximum atomic E-state index is 11.1. The highest BCUT2D eigenvalue weighted by Gasteiger charge is 2.26. The Morgan fingerprint density at radius 1 is 0.818 bits per heavy atom. The van der Waals surface area contributed by atoms with Crippen LogP contribution in [0.2, 0.25) is 5.02 Å². The molecule has 33 heavy (non-hydrogen) atoms. The fourth-order valence-corrected chi connectivity index (χ4v) is 4.37. The molecule has 0 saturated heterocycles. The van der Waals surface area contributed by atoms with Gasteiger partial charge in [0.15, 0.2) is 0 Å². The summed E-state index contributed by atoms with van der Waals surface area (Å²) in [5.74, 6) is 0.358. The average Bonchev–Trinajstić information content (AvgIpc) is 2.73. The van der Waals surface area contributed by atoms with Gasteiger partial charge in [0.1, 0.15) is 11.5 Å². The van der Waals surface area contributed by atoms with Crippen LogP contribution in [0.25, 0.3) is 0 Å². The molecule has 5 heteroatoms. The molecule has 3 rings (SSSR count). The van der Waals surface area contributed by atoms with Crippen LogP contribution >= 0.6 is 11.6 Å². The standard InChI is InChI=1S/C28H37ClN2O2/c1-27(2,3)20-14-19(25(32)21(15-20)28(4,5)6)17-31-24-13-8-7-12-23(24)30-16-18-10-9-11-22(29)26(18)33/h9-11,14-17,23-24,32-33H,7-8,12-13H2,1-6H3/t23-,24-/m1/s1. The zero-order valence-corrected chi connectivity index (χ0v) is 21.4. The number of hydrogen-bond acceptors (Lipinski definition) is 4. The summed E-state index contributed by atoms with van der Waals surface area (Å²) >= 11 is 6.03. The average molecular weight is 469 g/mol. The summed E-state index contributed by atoms with van der Waals surface area (Å²) < 4.78 is 0. The first kappa shape index (κ1) is 25.3. The Morgan fingerprint density at radius 2 is 1.39 bits per heavy atom. The van der Waals surface area contributed by atoms with Crippen LogP contribution in [0.3, 0.4) is 0 Å². The molecule has 0 aliphatic heterocycles. The molecule has 4 nitrogen and oxygen atoms in total. The first-order valence-electron chi connectivity index (χ1n) is 11.8. The number of nitrogens with zero attached hydrogens (tertiary/aromatic N) is 2. The number of phenols is 2. The van der Waals surface area contributed by atoms with Crippen LogP contribution in [0.15, 0.2) is 40.3 Å². The van der Waals surface area contributed by atoms with Crippen LogP contribution in [0, 0.1) is 0 Å². The van der Waals surface area contributed by atoms with Crippen LogP contribution in [0.1, 0.15) is 89.5 Å². The third-order valence-electron chi connectivity index (χ3n) is 6.34. The lowest BCUT2D eigenvalue weighted by atomic mass is 9.79. The van der Waals surface area contributed by atoms with Crippen molar-refractivity contribution in [1.82, 2.24) is 0 Å². The summed E-state index contributed by atoms with van der Waals surface area (Å²) in [6, 6.07) is 9.51. The van der Waals surface area contributed by atoms with Crippen molar-refractivity contribution >= 4 is 24.0 Å². The topological polar surface area (TPSA) is 65.2 Å². The Morgan fingerprint density at radius 3 is 1.94 bits per heavy atom. The van der Waals surface area contributed by atoms with Crippen LogP contribution < -0.4 is 0 Å². The van der Waals surface area contributed by atoms with Gasteiger partial charge < -0.3 is 10.2 Å². The maximum absolute atomic E-state index is 11.1. The second kappa shape index (κ2) is 9.89. The van der Waals surface area contributed by atoms with Crippen LogP contribution in [-0.2, 0) is 10.8 Å². The van der Waals surface area contributed by atoms with E-state index in [2.05, 4.69) is 53.7 Å². The van der Waals surface area contributed by atoms with Crippen molar-refractivity contribution in [3.63, 3.8) is 0 Å². The Hall–Kier alpha value is -2.33. The molecule has 2 N–H and O–H groups in total. The molecule has 178 valence electrons. The molecule has 1 aliphatic carbocycles. The predicted molar refractivity (Wildman–Crippen MR) is 140 cm³/mol. The van der Waals surface area contributed by atoms with Gasteiger partial charge in [-0.2, -0.15) is 0 Å². The summed E-state index contributed by atoms with van der Waals surface area (Å²) in [7, 11) is 0. The van der Waals surface area contributed by atoms with E-state index in [-0.39, 0.29) is 28.7 Å². The van der Waals surface area contributed by atoms with Crippen molar-refractivity contribution in [2.24, 2.45) is 9.98 Å². The minimum atomic E-state index is -0.176. The van der Waals surface area contributed by atoms with Crippen molar-refractivity contribution in [2.75, 3.05) is 0 Å². The van der Waals surface area contributed by atoms with Crippen LogP contribution in [0.4, 0.5) is 0 Å². The number of hydrogen-bond donors (Lipinski definition) is 2. The monoisotopic (exact) mass is 468 g/mol. The molecule has 2 atom stereocenters. The van der Waals surface area contributed by atoms with Gasteiger partial charge in [-0.25, -0.2) is 0 Å². The number of aliphatic imine (C=N–C) groups is 2. The molecule has 2 aromatic rings. The molecule has 0 heterocycles. The van der Waals surface area contributed by atoms with Crippen molar-refractivity contribution < 1.29 is 10.2 Å². The fraction of sp³-hybridized carbons (Fsp3) is 0.500. The molecule has 0 unspecified atom stereocenters. The molecule has 0 bridgehead atoms. The molecular weight excluding hydrogens is 432 g/mol. The molecule has 0 aromatic heterocycles. The van der Waals surface area contributed by atoms with Crippen LogP contribution in [-0.4, -0.2) is 34.7 Å². The van der Waals surface area contributed by atoms with E-state index in [0.29, 0.717) is 16.3 Å². The van der Waals surface area contributed by atoms with Gasteiger partial charge in [-0.05, 0) is 47.4 Å². The smallest absolute Gasteiger partial charge is 0.142 e. The van der Waals surface area contributed by atoms with Crippen molar-refractivity contribution in [1.29, 1.82) is 0 Å². The van der Waals surface area contributed by atoms with E-state index in [4.69, 9.17) is 21.6 Å². The second-order valence-corrected chi connectivity index (χ2v) is 11.5. The summed E-state index contributed by atoms with van der Waals surface area (Å²) in [6.45, 7) is 12.9. The minimum Gasteiger partial charge on any atom is -0.507 e. The number of aromatic hydroxyl groups is 2. The number of rotatable bonds is 4. The van der Waals surface area contributed by atoms with Gasteiger partial charge in [0, 0.05) is 29.1 Å². The predicted octanol–water partition coefficient (Wildman–Crippen LogP) is 7.20. The van der Waals surface area contributed by atoms with Gasteiger partial charge in [-0.3, -0.25) is 9.98 Å². The van der Waals surface area contributed by atoms with Gasteiger partial charge in [0.25, 0.3) is 0 Å². The Bertz CT molecular complexity index is 1050. The minimum absolute atomic E-state index is 0.0309. The summed E-state index contributed by atoms with van der Waals surface area (Å²) in [6.07, 6.45) is 7.64. The lowest BCUT2D eigenvalue weighted by molar-refractivity contribution is 0.390. The van der Waals surface area contributed by atoms with E-state index in [0.717, 1.165) is 36.8 Å². The zero-order valence-electron chi connectivity index (χ0n) is 20.7. The van der Waals surface area contributed by atoms with E-state index in [9.17, 15) is 10.2 Å². The van der Waals surface area contributed by atoms with Gasteiger partial charge in [0.05, 0.1) is 17.1 Å². The summed E-state index contributed by atoms with van der Waals surface area (Å²) in [5.41, 5.74) is 3.28. The van der Waals surface area contributed by atoms with Crippen LogP contribution in [0.5, 0.6) is 11.5 Å². The van der Waals surface area contributed by atoms with Crippen molar-refractivity contribution in [3.8, 4) is 11.5 Å². The number of benzene rings is 2. The van der Waals surface area contributed by atoms with E-state index in [1.54, 1.807) is 24.4 Å². The van der Waals surface area contributed by atoms with Gasteiger partial charge in [-0.1, -0.05) is 78.1 Å². The molecule has 2 aromatic carbocycles. The SMILES string of the molecule is CC(C)(C)c1cc(C=N[C@@H]2CCCC[C@H]2N=Cc2cccc(Cl)c2O)c(O)c(C(C)(C)C)c1. The van der Waals surface area contributed by atoms with E-state index in [1.165, 1.54) is 5.56 Å². The van der Waals surface area contributed by atoms with Crippen molar-refractivity contribution in [2.45, 2.75) is 90.1 Å². The highest BCUT2D eigenvalue weighted by Crippen LogP contribution is 2.37. The summed E-state index contributed by atoms with van der Waals surface area (Å²) in [5, 5.41) is 21.6. The summed E-state index contributed by atoms with van der Waals surface area (Å²) in [4.78, 5) is 9.67. The van der Waals surface area contributed by atoms with Gasteiger partial charge in [0.2, 0.25) is 0 Å². The van der Waals surface area contributed by atoms with Crippen molar-refractivity contribution in [3.05, 3.63) is 57.6 Å². The third kappa shape index (κ3) is 6.17. The highest BCUT2D eigenvalue weighted by molar-refractivity contribution is 6.32.